The molecule has 0 rings (SSSR count). The second-order valence-corrected chi connectivity index (χ2v) is 19.0. The Morgan fingerprint density at radius 1 is 1.14 bits per heavy atom. The quantitative estimate of drug-likeness (QED) is 0.135. The summed E-state index contributed by atoms with van der Waals surface area (Å²) in [5.41, 5.74) is 1.34. The van der Waals surface area contributed by atoms with Crippen LogP contribution in [-0.4, -0.2) is 17.2 Å². The van der Waals surface area contributed by atoms with Crippen LogP contribution in [0.5, 0.6) is 0 Å². The zero-order chi connectivity index (χ0) is 18.9. The van der Waals surface area contributed by atoms with E-state index in [0.29, 0.717) is 13.3 Å². The molecule has 0 spiro atoms. The predicted octanol–water partition coefficient (Wildman–Crippen LogP) is 0.192. The van der Waals surface area contributed by atoms with Gasteiger partial charge in [-0.15, -0.1) is 6.58 Å². The van der Waals surface area contributed by atoms with Crippen LogP contribution in [0.25, 0.3) is 0 Å². The number of allylic oxidation sites excluding steroid dienone is 2. The van der Waals surface area contributed by atoms with Gasteiger partial charge in [-0.05, 0) is 20.8 Å². The van der Waals surface area contributed by atoms with Gasteiger partial charge in [-0.2, -0.15) is 16.5 Å². The molecule has 0 amide bonds. The molecule has 0 saturated heterocycles. The molecule has 4 nitrogen and oxygen atoms in total. The van der Waals surface area contributed by atoms with E-state index in [9.17, 15) is 4.79 Å². The van der Waals surface area contributed by atoms with Crippen molar-refractivity contribution in [1.29, 1.82) is 0 Å². The smallest absolute Gasteiger partial charge is 0.186 e. The largest absolute Gasteiger partial charge is 1.00 e. The van der Waals surface area contributed by atoms with E-state index in [0.717, 1.165) is 0 Å². The number of aliphatic carboxylic acids is 1. The van der Waals surface area contributed by atoms with Crippen molar-refractivity contribution in [2.75, 3.05) is 0 Å². The van der Waals surface area contributed by atoms with Crippen molar-refractivity contribution in [3.63, 3.8) is 0 Å². The summed E-state index contributed by atoms with van der Waals surface area (Å²) in [6, 6.07) is 0. The zero-order valence-electron chi connectivity index (χ0n) is 13.2. The van der Waals surface area contributed by atoms with E-state index in [2.05, 4.69) is 100 Å². The SMILES string of the molecule is C=C(C)C.C=C(C)C(=O)O.C=[C-]C.II.I[I-]I.O=C=O.[Li+]. The summed E-state index contributed by atoms with van der Waals surface area (Å²) in [5.74, 6) is -0.935. The van der Waals surface area contributed by atoms with Gasteiger partial charge in [0.1, 0.15) is 0 Å². The normalized spacial score (nSPS) is 5.45. The Kier molecular flexibility index (Phi) is 114. The Labute approximate surface area is 199 Å². The minimum absolute atomic E-state index is 0. The molecule has 10 heteroatoms. The molecule has 0 aromatic carbocycles. The third-order valence-electron chi connectivity index (χ3n) is 0.365. The molecule has 0 aromatic heterocycles. The van der Waals surface area contributed by atoms with Gasteiger partial charge in [-0.25, -0.2) is 4.79 Å². The number of carboxylic acids is 1. The Balaban J connectivity index is -0.0000000253. The molecule has 0 bridgehead atoms. The maximum absolute atomic E-state index is 9.60. The number of carbonyl (C=O) groups excluding carboxylic acids is 2. The molecular weight excluding hydrogens is 850 g/mol. The summed E-state index contributed by atoms with van der Waals surface area (Å²) in [5, 5.41) is 7.89. The van der Waals surface area contributed by atoms with Crippen LogP contribution in [0, 0.1) is 6.08 Å². The number of carbonyl (C=O) groups is 1. The molecule has 0 saturated carbocycles. The molecular formula is C12H19I5LiO4-. The van der Waals surface area contributed by atoms with E-state index in [1.165, 1.54) is 12.5 Å². The first kappa shape index (κ1) is 44.1. The van der Waals surface area contributed by atoms with Crippen molar-refractivity contribution in [1.82, 2.24) is 0 Å². The van der Waals surface area contributed by atoms with Gasteiger partial charge >= 0.3 is 81.5 Å². The van der Waals surface area contributed by atoms with Gasteiger partial charge in [0.2, 0.25) is 0 Å². The summed E-state index contributed by atoms with van der Waals surface area (Å²) in [6.45, 7) is 17.1. The first-order valence-electron chi connectivity index (χ1n) is 4.58. The summed E-state index contributed by atoms with van der Waals surface area (Å²) in [7, 11) is 0. The number of carboxylic acid groups (broad SMARTS) is 1. The van der Waals surface area contributed by atoms with Gasteiger partial charge in [0.15, 0.2) is 0 Å². The number of rotatable bonds is 1. The Morgan fingerprint density at radius 3 is 1.18 bits per heavy atom. The molecule has 128 valence electrons. The van der Waals surface area contributed by atoms with E-state index in [4.69, 9.17) is 14.7 Å². The third-order valence-corrected chi connectivity index (χ3v) is 0.365. The average molecular weight is 869 g/mol. The van der Waals surface area contributed by atoms with E-state index < -0.39 is 5.97 Å². The fourth-order valence-corrected chi connectivity index (χ4v) is 0. The van der Waals surface area contributed by atoms with Crippen molar-refractivity contribution < 1.29 is 51.6 Å². The Hall–Kier alpha value is 2.32. The zero-order valence-corrected chi connectivity index (χ0v) is 24.0. The van der Waals surface area contributed by atoms with Gasteiger partial charge in [0, 0.05) is 42.8 Å². The average Bonchev–Trinajstić information content (AvgIpc) is 2.33. The summed E-state index contributed by atoms with van der Waals surface area (Å²) < 4.78 is 0. The molecule has 0 aliphatic rings. The Morgan fingerprint density at radius 2 is 1.18 bits per heavy atom. The number of halogens is 5. The van der Waals surface area contributed by atoms with Crippen molar-refractivity contribution in [3.05, 3.63) is 37.0 Å². The minimum atomic E-state index is -0.935. The molecule has 22 heavy (non-hydrogen) atoms. The van der Waals surface area contributed by atoms with Crippen LogP contribution in [0.2, 0.25) is 0 Å². The van der Waals surface area contributed by atoms with Gasteiger partial charge < -0.3 is 11.2 Å². The van der Waals surface area contributed by atoms with Gasteiger partial charge in [0.25, 0.3) is 0 Å². The first-order valence-corrected chi connectivity index (χ1v) is 23.4. The van der Waals surface area contributed by atoms with Gasteiger partial charge in [0.05, 0.1) is 0 Å². The van der Waals surface area contributed by atoms with Crippen LogP contribution in [-0.2, 0) is 14.4 Å². The maximum atomic E-state index is 9.60. The molecule has 0 radical (unpaired) electrons. The number of hydrogen-bond acceptors (Lipinski definition) is 3. The van der Waals surface area contributed by atoms with Crippen LogP contribution in [0.4, 0.5) is 0 Å². The van der Waals surface area contributed by atoms with Crippen LogP contribution >= 0.6 is 74.5 Å². The van der Waals surface area contributed by atoms with Crippen molar-refractivity contribution in [2.45, 2.75) is 27.7 Å². The molecule has 0 aliphatic heterocycles. The molecule has 0 unspecified atom stereocenters. The standard InChI is InChI=1S/C4H6O2.C4H8.C3H5.CO2.I3.I2.Li/c1-3(2)4(5)6;1-4(2)3;1-3-2;2-1-3;1-3-2;1-2;/h1H2,2H3,(H,5,6);1H2,2-3H3;1H2,2H3;;;;/q;;-1;;-1;;+1. The molecule has 0 atom stereocenters. The van der Waals surface area contributed by atoms with Crippen molar-refractivity contribution >= 4 is 86.6 Å². The summed E-state index contributed by atoms with van der Waals surface area (Å²) in [6.07, 6.45) is 2.75. The topological polar surface area (TPSA) is 71.4 Å². The first-order chi connectivity index (χ1) is 9.62. The Bertz CT molecular complexity index is 265. The van der Waals surface area contributed by atoms with E-state index in [-0.39, 0.29) is 30.6 Å². The fourth-order valence-electron chi connectivity index (χ4n) is 0. The maximum Gasteiger partial charge on any atom is 1.00 e. The van der Waals surface area contributed by atoms with Gasteiger partial charge in [-0.3, -0.25) is 6.58 Å². The molecule has 0 heterocycles. The van der Waals surface area contributed by atoms with Crippen LogP contribution < -0.4 is 32.1 Å². The van der Waals surface area contributed by atoms with Crippen molar-refractivity contribution in [2.24, 2.45) is 0 Å². The fraction of sp³-hybridized carbons (Fsp3) is 0.333. The second-order valence-electron chi connectivity index (χ2n) is 2.78. The summed E-state index contributed by atoms with van der Waals surface area (Å²) >= 11 is 9.54. The van der Waals surface area contributed by atoms with Gasteiger partial charge in [-0.1, -0.05) is 12.2 Å². The minimum Gasteiger partial charge on any atom is -0.186 e. The second kappa shape index (κ2) is 56.7. The molecule has 1 N–H and O–H groups in total. The molecule has 0 aromatic rings. The molecule has 0 aliphatic carbocycles. The predicted molar refractivity (Wildman–Crippen MR) is 119 cm³/mol. The number of hydrogen-bond donors (Lipinski definition) is 1. The third kappa shape index (κ3) is 254. The molecule has 0 fully saturated rings. The van der Waals surface area contributed by atoms with E-state index >= 15 is 0 Å². The van der Waals surface area contributed by atoms with E-state index in [1.54, 1.807) is 6.92 Å². The summed E-state index contributed by atoms with van der Waals surface area (Å²) in [4.78, 5) is 25.8. The van der Waals surface area contributed by atoms with Crippen LogP contribution in [0.15, 0.2) is 30.9 Å². The van der Waals surface area contributed by atoms with Crippen molar-refractivity contribution in [3.8, 4) is 0 Å². The van der Waals surface area contributed by atoms with Crippen LogP contribution in [0.3, 0.4) is 0 Å². The van der Waals surface area contributed by atoms with E-state index in [1.807, 2.05) is 13.8 Å². The van der Waals surface area contributed by atoms with Crippen LogP contribution in [0.1, 0.15) is 27.7 Å². The monoisotopic (exact) mass is 869 g/mol.